The van der Waals surface area contributed by atoms with Crippen molar-refractivity contribution < 1.29 is 9.18 Å². The summed E-state index contributed by atoms with van der Waals surface area (Å²) in [7, 11) is 0. The zero-order chi connectivity index (χ0) is 19.3. The van der Waals surface area contributed by atoms with Gasteiger partial charge in [0.15, 0.2) is 6.17 Å². The summed E-state index contributed by atoms with van der Waals surface area (Å²) in [5.74, 6) is 0.458. The van der Waals surface area contributed by atoms with Crippen molar-refractivity contribution >= 4 is 5.91 Å². The van der Waals surface area contributed by atoms with Gasteiger partial charge in [0, 0.05) is 25.1 Å². The summed E-state index contributed by atoms with van der Waals surface area (Å²) in [6, 6.07) is 8.50. The molecule has 2 atom stereocenters. The van der Waals surface area contributed by atoms with Crippen molar-refractivity contribution in [2.24, 2.45) is 0 Å². The topological polar surface area (TPSA) is 50.2 Å². The third-order valence-corrected chi connectivity index (χ3v) is 6.43. The Balaban J connectivity index is 1.52. The van der Waals surface area contributed by atoms with E-state index in [1.165, 1.54) is 35.8 Å². The number of nitrogens with one attached hydrogen (secondary N) is 1. The Morgan fingerprint density at radius 3 is 2.71 bits per heavy atom. The predicted octanol–water partition coefficient (Wildman–Crippen LogP) is 3.37. The van der Waals surface area contributed by atoms with Gasteiger partial charge in [-0.3, -0.25) is 4.79 Å². The van der Waals surface area contributed by atoms with Gasteiger partial charge in [0.25, 0.3) is 0 Å². The quantitative estimate of drug-likeness (QED) is 0.831. The molecular formula is C22H25FN4O. The van der Waals surface area contributed by atoms with Crippen LogP contribution in [0.1, 0.15) is 59.9 Å². The highest BCUT2D eigenvalue weighted by atomic mass is 19.1. The molecule has 0 spiro atoms. The lowest BCUT2D eigenvalue weighted by Gasteiger charge is -2.28. The molecule has 5 rings (SSSR count). The Morgan fingerprint density at radius 2 is 2.04 bits per heavy atom. The molecule has 3 heterocycles. The van der Waals surface area contributed by atoms with E-state index in [-0.39, 0.29) is 18.5 Å². The first kappa shape index (κ1) is 17.6. The Labute approximate surface area is 164 Å². The van der Waals surface area contributed by atoms with Crippen LogP contribution in [0, 0.1) is 0 Å². The number of nitrogens with zero attached hydrogens (tertiary/aromatic N) is 3. The van der Waals surface area contributed by atoms with E-state index in [1.54, 1.807) is 0 Å². The highest BCUT2D eigenvalue weighted by molar-refractivity contribution is 5.87. The summed E-state index contributed by atoms with van der Waals surface area (Å²) < 4.78 is 17.0. The molecule has 0 saturated heterocycles. The van der Waals surface area contributed by atoms with Crippen LogP contribution in [0.3, 0.4) is 0 Å². The van der Waals surface area contributed by atoms with Gasteiger partial charge < -0.3 is 10.2 Å². The van der Waals surface area contributed by atoms with Crippen LogP contribution in [0.15, 0.2) is 36.9 Å². The lowest BCUT2D eigenvalue weighted by molar-refractivity contribution is -0.127. The van der Waals surface area contributed by atoms with E-state index >= 15 is 4.39 Å². The number of halogens is 1. The molecule has 1 N–H and O–H groups in total. The van der Waals surface area contributed by atoms with Gasteiger partial charge in [-0.05, 0) is 42.5 Å². The summed E-state index contributed by atoms with van der Waals surface area (Å²) >= 11 is 0. The first-order chi connectivity index (χ1) is 13.7. The molecule has 2 aromatic rings. The fourth-order valence-corrected chi connectivity index (χ4v) is 4.68. The lowest BCUT2D eigenvalue weighted by Crippen LogP contribution is -2.40. The van der Waals surface area contributed by atoms with Crippen LogP contribution in [0.25, 0.3) is 5.69 Å². The van der Waals surface area contributed by atoms with Gasteiger partial charge in [-0.25, -0.2) is 9.07 Å². The van der Waals surface area contributed by atoms with Crippen molar-refractivity contribution in [3.05, 3.63) is 59.4 Å². The monoisotopic (exact) mass is 380 g/mol. The number of rotatable bonds is 3. The smallest absolute Gasteiger partial charge is 0.246 e. The Hall–Kier alpha value is -2.47. The van der Waals surface area contributed by atoms with E-state index in [2.05, 4.69) is 41.3 Å². The molecule has 0 bridgehead atoms. The third-order valence-electron chi connectivity index (χ3n) is 6.43. The number of hydrogen-bond donors (Lipinski definition) is 1. The van der Waals surface area contributed by atoms with Gasteiger partial charge in [0.05, 0.1) is 24.0 Å². The predicted molar refractivity (Wildman–Crippen MR) is 105 cm³/mol. The molecule has 6 heteroatoms. The average Bonchev–Trinajstić information content (AvgIpc) is 3.00. The third kappa shape index (κ3) is 2.78. The number of aromatic nitrogens is 2. The van der Waals surface area contributed by atoms with Gasteiger partial charge in [0.2, 0.25) is 5.91 Å². The minimum Gasteiger partial charge on any atom is -0.334 e. The van der Waals surface area contributed by atoms with Crippen molar-refractivity contribution in [2.45, 2.75) is 43.8 Å². The highest BCUT2D eigenvalue weighted by Crippen LogP contribution is 2.38. The fraction of sp³-hybridized carbons (Fsp3) is 0.455. The molecule has 1 aliphatic carbocycles. The van der Waals surface area contributed by atoms with E-state index in [4.69, 9.17) is 0 Å². The van der Waals surface area contributed by atoms with Crippen molar-refractivity contribution in [3.8, 4) is 5.69 Å². The van der Waals surface area contributed by atoms with Crippen LogP contribution >= 0.6 is 0 Å². The Bertz CT molecular complexity index is 915. The molecule has 5 nitrogen and oxygen atoms in total. The first-order valence-corrected chi connectivity index (χ1v) is 10.2. The van der Waals surface area contributed by atoms with Crippen LogP contribution in [-0.4, -0.2) is 40.2 Å². The molecule has 28 heavy (non-hydrogen) atoms. The van der Waals surface area contributed by atoms with E-state index in [0.717, 1.165) is 29.9 Å². The number of amides is 1. The zero-order valence-corrected chi connectivity index (χ0v) is 15.9. The summed E-state index contributed by atoms with van der Waals surface area (Å²) in [6.45, 7) is 4.79. The lowest BCUT2D eigenvalue weighted by atomic mass is 9.80. The number of carbonyl (C=O) groups is 1. The Morgan fingerprint density at radius 1 is 1.25 bits per heavy atom. The second kappa shape index (κ2) is 6.85. The summed E-state index contributed by atoms with van der Waals surface area (Å²) in [5, 5.41) is 8.13. The second-order valence-electron chi connectivity index (χ2n) is 8.05. The first-order valence-electron chi connectivity index (χ1n) is 10.2. The molecule has 1 saturated carbocycles. The molecular weight excluding hydrogens is 355 g/mol. The van der Waals surface area contributed by atoms with Crippen molar-refractivity contribution in [3.63, 3.8) is 0 Å². The number of benzene rings is 1. The summed E-state index contributed by atoms with van der Waals surface area (Å²) in [5.41, 5.74) is 4.83. The van der Waals surface area contributed by atoms with E-state index in [9.17, 15) is 4.79 Å². The van der Waals surface area contributed by atoms with Gasteiger partial charge >= 0.3 is 0 Å². The zero-order valence-electron chi connectivity index (χ0n) is 15.9. The summed E-state index contributed by atoms with van der Waals surface area (Å²) in [4.78, 5) is 13.6. The highest BCUT2D eigenvalue weighted by Gasteiger charge is 2.37. The van der Waals surface area contributed by atoms with Gasteiger partial charge in [-0.15, -0.1) is 0 Å². The molecule has 2 aliphatic heterocycles. The largest absolute Gasteiger partial charge is 0.334 e. The van der Waals surface area contributed by atoms with Gasteiger partial charge in [0.1, 0.15) is 5.69 Å². The fourth-order valence-electron chi connectivity index (χ4n) is 4.68. The van der Waals surface area contributed by atoms with Crippen molar-refractivity contribution in [1.29, 1.82) is 0 Å². The summed E-state index contributed by atoms with van der Waals surface area (Å²) in [6.07, 6.45) is 4.63. The minimum absolute atomic E-state index is 0.0209. The van der Waals surface area contributed by atoms with Crippen LogP contribution in [-0.2, 0) is 11.2 Å². The van der Waals surface area contributed by atoms with E-state index in [1.807, 2.05) is 4.68 Å². The maximum Gasteiger partial charge on any atom is 0.246 e. The molecule has 1 aromatic carbocycles. The molecule has 2 unspecified atom stereocenters. The maximum absolute atomic E-state index is 15.1. The Kier molecular flexibility index (Phi) is 4.31. The van der Waals surface area contributed by atoms with Crippen molar-refractivity contribution in [2.75, 3.05) is 19.6 Å². The maximum atomic E-state index is 15.1. The van der Waals surface area contributed by atoms with Gasteiger partial charge in [-0.2, -0.15) is 5.10 Å². The van der Waals surface area contributed by atoms with Crippen LogP contribution in [0.2, 0.25) is 0 Å². The van der Waals surface area contributed by atoms with E-state index < -0.39 is 6.17 Å². The van der Waals surface area contributed by atoms with Gasteiger partial charge in [-0.1, -0.05) is 25.1 Å². The second-order valence-corrected chi connectivity index (χ2v) is 8.05. The van der Waals surface area contributed by atoms with Crippen molar-refractivity contribution in [1.82, 2.24) is 20.0 Å². The molecule has 1 aromatic heterocycles. The van der Waals surface area contributed by atoms with Crippen LogP contribution < -0.4 is 5.32 Å². The minimum atomic E-state index is -1.29. The molecule has 0 radical (unpaired) electrons. The number of alkyl halides is 1. The molecule has 146 valence electrons. The molecule has 1 amide bonds. The van der Waals surface area contributed by atoms with E-state index in [0.29, 0.717) is 18.2 Å². The average molecular weight is 380 g/mol. The SMILES string of the molecule is C=CC(=O)N1CC(F)c2nn(-c3ccc(C4CCC4)cc3)c3c2C(C1)NCC3. The normalized spacial score (nSPS) is 24.2. The van der Waals surface area contributed by atoms with Crippen LogP contribution in [0.5, 0.6) is 0 Å². The van der Waals surface area contributed by atoms with Crippen LogP contribution in [0.4, 0.5) is 4.39 Å². The number of carbonyl (C=O) groups excluding carboxylic acids is 1. The molecule has 3 aliphatic rings. The standard InChI is InChI=1S/C22H25FN4O/c1-2-20(28)26-12-17(23)22-21-18(13-26)24-11-10-19(21)27(25-22)16-8-6-15(7-9-16)14-4-3-5-14/h2,6-9,14,17-18,24H,1,3-5,10-13H2. The number of hydrogen-bond acceptors (Lipinski definition) is 3. The molecule has 1 fully saturated rings.